The van der Waals surface area contributed by atoms with Gasteiger partial charge in [0.05, 0.1) is 0 Å². The smallest absolute Gasteiger partial charge is 0.585 e. The zero-order chi connectivity index (χ0) is 25.1. The molecule has 3 nitrogen and oxygen atoms in total. The van der Waals surface area contributed by atoms with Crippen molar-refractivity contribution in [3.05, 3.63) is 95.4 Å². The molecule has 1 aliphatic carbocycles. The second-order valence-corrected chi connectivity index (χ2v) is 10.9. The Labute approximate surface area is 262 Å². The summed E-state index contributed by atoms with van der Waals surface area (Å²) in [4.78, 5) is 5.05. The van der Waals surface area contributed by atoms with Crippen molar-refractivity contribution in [2.45, 2.75) is 70.9 Å². The van der Waals surface area contributed by atoms with Crippen molar-refractivity contribution in [2.75, 3.05) is 13.6 Å². The van der Waals surface area contributed by atoms with Crippen LogP contribution in [-0.4, -0.2) is 35.6 Å². The van der Waals surface area contributed by atoms with Gasteiger partial charge in [0.15, 0.2) is 0 Å². The molecule has 186 valence electrons. The number of benzene rings is 1. The van der Waals surface area contributed by atoms with E-state index in [1.54, 1.807) is 6.20 Å². The van der Waals surface area contributed by atoms with Gasteiger partial charge in [-0.1, -0.05) is 76.4 Å². The van der Waals surface area contributed by atoms with Crippen molar-refractivity contribution in [1.29, 1.82) is 0 Å². The number of hydrogen-bond donors (Lipinski definition) is 0. The molecule has 35 heavy (non-hydrogen) atoms. The van der Waals surface area contributed by atoms with E-state index < -0.39 is 0 Å². The zero-order valence-corrected chi connectivity index (χ0v) is 26.9. The van der Waals surface area contributed by atoms with Crippen LogP contribution in [0.1, 0.15) is 52.5 Å². The van der Waals surface area contributed by atoms with Gasteiger partial charge in [-0.05, 0) is 61.6 Å². The minimum atomic E-state index is 0. The summed E-state index contributed by atoms with van der Waals surface area (Å²) in [5.41, 5.74) is 2.48. The number of hydrogen-bond acceptors (Lipinski definition) is 3. The Kier molecular flexibility index (Phi) is 16.0. The maximum absolute atomic E-state index is 8.02. The average Bonchev–Trinajstić information content (AvgIpc) is 3.43. The first-order chi connectivity index (χ1) is 16.2. The quantitative estimate of drug-likeness (QED) is 0.145. The summed E-state index contributed by atoms with van der Waals surface area (Å²) in [5.74, 6) is 9.23. The molecule has 0 radical (unpaired) electrons. The molecule has 0 amide bonds. The molecule has 3 unspecified atom stereocenters. The second kappa shape index (κ2) is 17.2. The molecule has 5 heteroatoms. The van der Waals surface area contributed by atoms with E-state index in [4.69, 9.17) is 5.84 Å². The summed E-state index contributed by atoms with van der Waals surface area (Å²) in [6.45, 7) is 16.3. The third-order valence-corrected chi connectivity index (χ3v) is 7.41. The van der Waals surface area contributed by atoms with Gasteiger partial charge in [-0.3, -0.25) is 4.90 Å². The Bertz CT molecular complexity index is 903. The first kappa shape index (κ1) is 32.7. The van der Waals surface area contributed by atoms with Crippen LogP contribution in [0.2, 0.25) is 0 Å². The maximum atomic E-state index is 8.02. The van der Waals surface area contributed by atoms with Crippen molar-refractivity contribution >= 4 is 11.8 Å². The molecule has 2 aliphatic rings. The minimum Gasteiger partial charge on any atom is -0.585 e. The van der Waals surface area contributed by atoms with Gasteiger partial charge in [-0.2, -0.15) is 0 Å². The predicted molar refractivity (Wildman–Crippen MR) is 150 cm³/mol. The van der Waals surface area contributed by atoms with E-state index in [1.165, 1.54) is 33.3 Å². The third kappa shape index (κ3) is 11.3. The third-order valence-electron chi connectivity index (χ3n) is 6.20. The van der Waals surface area contributed by atoms with Crippen LogP contribution in [0.3, 0.4) is 0 Å². The summed E-state index contributed by atoms with van der Waals surface area (Å²) in [5, 5.41) is 1.50. The fourth-order valence-electron chi connectivity index (χ4n) is 4.22. The van der Waals surface area contributed by atoms with E-state index >= 15 is 0 Å². The zero-order valence-electron chi connectivity index (χ0n) is 22.9. The van der Waals surface area contributed by atoms with Crippen molar-refractivity contribution in [2.24, 2.45) is 11.8 Å². The van der Waals surface area contributed by atoms with Crippen LogP contribution in [0.25, 0.3) is 5.84 Å². The van der Waals surface area contributed by atoms with Gasteiger partial charge >= 0.3 is 51.4 Å². The van der Waals surface area contributed by atoms with Crippen LogP contribution in [0.4, 0.5) is 0 Å². The Balaban J connectivity index is 0.000000340. The summed E-state index contributed by atoms with van der Waals surface area (Å²) in [6.07, 6.45) is 18.5. The molecule has 1 aliphatic heterocycles. The van der Waals surface area contributed by atoms with Crippen molar-refractivity contribution in [3.63, 3.8) is 0 Å². The molecule has 1 fully saturated rings. The molecule has 0 spiro atoms. The predicted octanol–water partition coefficient (Wildman–Crippen LogP) is 5.39. The van der Waals surface area contributed by atoms with E-state index in [9.17, 15) is 0 Å². The molecular weight excluding hydrogens is 474 g/mol. The molecule has 0 aromatic heterocycles. The van der Waals surface area contributed by atoms with Crippen LogP contribution in [0, 0.1) is 24.8 Å². The van der Waals surface area contributed by atoms with Crippen molar-refractivity contribution in [1.82, 2.24) is 9.91 Å². The molecule has 1 aromatic rings. The first-order valence-electron chi connectivity index (χ1n) is 12.5. The molecular formula is C30H43KN3S-. The van der Waals surface area contributed by atoms with Gasteiger partial charge < -0.3 is 10.9 Å². The number of rotatable bonds is 9. The molecule has 3 rings (SSSR count). The summed E-state index contributed by atoms with van der Waals surface area (Å²) in [6, 6.07) is 9.20. The van der Waals surface area contributed by atoms with Gasteiger partial charge in [0, 0.05) is 23.5 Å². The Morgan fingerprint density at radius 3 is 2.60 bits per heavy atom. The molecule has 1 N–H and O–H groups in total. The monoisotopic (exact) mass is 516 g/mol. The van der Waals surface area contributed by atoms with Crippen LogP contribution in [-0.2, 0) is 0 Å². The van der Waals surface area contributed by atoms with Gasteiger partial charge in [-0.25, -0.2) is 17.7 Å². The van der Waals surface area contributed by atoms with E-state index in [0.717, 1.165) is 24.3 Å². The van der Waals surface area contributed by atoms with Gasteiger partial charge in [-0.15, -0.1) is 18.4 Å². The Hall–Kier alpha value is -0.374. The van der Waals surface area contributed by atoms with Crippen LogP contribution < -0.4 is 51.4 Å². The number of allylic oxidation sites excluding steroid dienone is 6. The topological polar surface area (TPSA) is 30.3 Å². The normalized spacial score (nSPS) is 20.6. The number of likely N-dealkylation sites (tertiary alicyclic amines) is 1. The summed E-state index contributed by atoms with van der Waals surface area (Å²) in [7, 11) is 2.21. The number of thioether (sulfide) groups is 1. The SMILES string of the molecule is C=C(Sc1ccccc1C)C1CC(C)CN1C.CC/C=C/C(C(C)C)N([NH-])C=[C-]C1=CC=CC1.[K+]. The Morgan fingerprint density at radius 1 is 1.34 bits per heavy atom. The molecule has 0 saturated carbocycles. The summed E-state index contributed by atoms with van der Waals surface area (Å²) < 4.78 is 0. The number of aryl methyl sites for hydroxylation is 1. The molecule has 1 heterocycles. The fourth-order valence-corrected chi connectivity index (χ4v) is 5.29. The van der Waals surface area contributed by atoms with Gasteiger partial charge in [0.1, 0.15) is 0 Å². The Morgan fingerprint density at radius 2 is 2.06 bits per heavy atom. The molecule has 3 atom stereocenters. The largest absolute Gasteiger partial charge is 1.00 e. The number of nitrogens with one attached hydrogen (secondary N) is 1. The second-order valence-electron chi connectivity index (χ2n) is 9.71. The van der Waals surface area contributed by atoms with Crippen LogP contribution in [0.15, 0.2) is 82.8 Å². The fraction of sp³-hybridized carbons (Fsp3) is 0.467. The molecule has 1 aromatic carbocycles. The average molecular weight is 517 g/mol. The van der Waals surface area contributed by atoms with E-state index in [-0.39, 0.29) is 57.4 Å². The van der Waals surface area contributed by atoms with Crippen molar-refractivity contribution < 1.29 is 51.4 Å². The maximum Gasteiger partial charge on any atom is 1.00 e. The van der Waals surface area contributed by atoms with Crippen LogP contribution in [0.5, 0.6) is 0 Å². The standard InChI is InChI=1S/C15H22N2.C15H21NS.K/c1-4-5-10-15(13(2)3)17(16)12-11-14-8-6-7-9-14;1-11-9-14(16(4)10-11)13(3)17-15-8-6-5-7-12(15)2;/h5-8,10,12-13,15-16H,4,9H2,1-3H3;5-8,11,14H,3,9-10H2,1-2,4H3;/q-2;;+1/b10-5+;;. The van der Waals surface area contributed by atoms with Gasteiger partial charge in [0.25, 0.3) is 0 Å². The number of likely N-dealkylation sites (N-methyl/N-ethyl adjacent to an activating group) is 1. The summed E-state index contributed by atoms with van der Waals surface area (Å²) >= 11 is 1.84. The van der Waals surface area contributed by atoms with Crippen molar-refractivity contribution in [3.8, 4) is 0 Å². The molecule has 1 saturated heterocycles. The number of nitrogens with zero attached hydrogens (tertiary/aromatic N) is 2. The van der Waals surface area contributed by atoms with E-state index in [0.29, 0.717) is 12.0 Å². The first-order valence-corrected chi connectivity index (χ1v) is 13.3. The van der Waals surface area contributed by atoms with E-state index in [1.807, 2.05) is 23.9 Å². The van der Waals surface area contributed by atoms with E-state index in [2.05, 4.69) is 102 Å². The van der Waals surface area contributed by atoms with Gasteiger partial charge in [0.2, 0.25) is 0 Å². The van der Waals surface area contributed by atoms with Crippen LogP contribution >= 0.6 is 11.8 Å². The minimum absolute atomic E-state index is 0. The molecule has 0 bridgehead atoms.